The van der Waals surface area contributed by atoms with Gasteiger partial charge in [-0.25, -0.2) is 9.07 Å². The van der Waals surface area contributed by atoms with Crippen LogP contribution in [0.15, 0.2) is 73.6 Å². The highest BCUT2D eigenvalue weighted by molar-refractivity contribution is 5.81. The molecule has 164 valence electrons. The molecule has 0 saturated carbocycles. The van der Waals surface area contributed by atoms with E-state index in [-0.39, 0.29) is 16.7 Å². The third-order valence-electron chi connectivity index (χ3n) is 5.38. The quantitative estimate of drug-likeness (QED) is 0.304. The van der Waals surface area contributed by atoms with E-state index in [9.17, 15) is 22.7 Å². The molecule has 0 aliphatic rings. The van der Waals surface area contributed by atoms with E-state index in [0.717, 1.165) is 6.20 Å². The maximum atomic E-state index is 14.3. The number of hydrogen-bond acceptors (Lipinski definition) is 2. The van der Waals surface area contributed by atoms with Gasteiger partial charge >= 0.3 is 6.18 Å². The van der Waals surface area contributed by atoms with Crippen LogP contribution in [-0.4, -0.2) is 26.0 Å². The van der Waals surface area contributed by atoms with E-state index in [4.69, 9.17) is 0 Å². The van der Waals surface area contributed by atoms with Crippen molar-refractivity contribution in [1.82, 2.24) is 14.8 Å². The molecule has 1 atom stereocenters. The topological polar surface area (TPSA) is 53.8 Å². The van der Waals surface area contributed by atoms with Crippen LogP contribution in [0.4, 0.5) is 17.6 Å². The summed E-state index contributed by atoms with van der Waals surface area (Å²) < 4.78 is 57.7. The third-order valence-corrected chi connectivity index (χ3v) is 5.38. The molecule has 1 unspecified atom stereocenters. The van der Waals surface area contributed by atoms with Gasteiger partial charge in [-0.2, -0.15) is 18.3 Å². The molecule has 2 aromatic heterocycles. The molecule has 4 nitrogen and oxygen atoms in total. The van der Waals surface area contributed by atoms with E-state index in [2.05, 4.69) is 16.7 Å². The molecule has 0 aliphatic carbocycles. The summed E-state index contributed by atoms with van der Waals surface area (Å²) in [6.07, 6.45) is 1.98. The fourth-order valence-corrected chi connectivity index (χ4v) is 3.73. The van der Waals surface area contributed by atoms with Gasteiger partial charge in [0.25, 0.3) is 0 Å². The molecule has 8 heteroatoms. The molecular weight excluding hydrogens is 422 g/mol. The number of nitrogens with one attached hydrogen (secondary N) is 1. The standard InChI is InChI=1S/C24H19F4N3O/c1-3-4-5-20-15(2)29-14-21(20)23(32,24(26,27)28)17-6-11-22-16(12-17)13-30-31(22)19-9-7-18(25)8-10-19/h3-14,29,32H,1H2,2H3/b5-4-. The van der Waals surface area contributed by atoms with E-state index in [1.54, 1.807) is 6.92 Å². The van der Waals surface area contributed by atoms with Crippen LogP contribution in [0.2, 0.25) is 0 Å². The van der Waals surface area contributed by atoms with Crippen LogP contribution in [0.25, 0.3) is 22.7 Å². The molecule has 4 aromatic rings. The van der Waals surface area contributed by atoms with Crippen LogP contribution in [0.5, 0.6) is 0 Å². The SMILES string of the molecule is C=C/C=C\c1c(C(O)(c2ccc3c(cnn3-c3ccc(F)cc3)c2)C(F)(F)F)c[nH]c1C. The highest BCUT2D eigenvalue weighted by Crippen LogP contribution is 2.46. The summed E-state index contributed by atoms with van der Waals surface area (Å²) in [6.45, 7) is 5.17. The van der Waals surface area contributed by atoms with Gasteiger partial charge in [0.2, 0.25) is 5.60 Å². The number of hydrogen-bond donors (Lipinski definition) is 2. The number of nitrogens with zero attached hydrogens (tertiary/aromatic N) is 2. The lowest BCUT2D eigenvalue weighted by Crippen LogP contribution is -2.43. The minimum atomic E-state index is -5.00. The first kappa shape index (κ1) is 21.6. The number of rotatable bonds is 5. The van der Waals surface area contributed by atoms with Crippen LogP contribution in [0, 0.1) is 12.7 Å². The molecule has 2 N–H and O–H groups in total. The van der Waals surface area contributed by atoms with Crippen LogP contribution >= 0.6 is 0 Å². The fraction of sp³-hybridized carbons (Fsp3) is 0.125. The first-order valence-electron chi connectivity index (χ1n) is 9.67. The van der Waals surface area contributed by atoms with Crippen molar-refractivity contribution in [2.75, 3.05) is 0 Å². The summed E-state index contributed by atoms with van der Waals surface area (Å²) in [5, 5.41) is 15.7. The van der Waals surface area contributed by atoms with Crippen molar-refractivity contribution in [3.05, 3.63) is 102 Å². The Hall–Kier alpha value is -3.65. The van der Waals surface area contributed by atoms with Crippen molar-refractivity contribution in [1.29, 1.82) is 0 Å². The van der Waals surface area contributed by atoms with Crippen LogP contribution in [0.3, 0.4) is 0 Å². The highest BCUT2D eigenvalue weighted by atomic mass is 19.4. The van der Waals surface area contributed by atoms with Gasteiger partial charge in [-0.05, 0) is 48.9 Å². The van der Waals surface area contributed by atoms with Gasteiger partial charge < -0.3 is 10.1 Å². The van der Waals surface area contributed by atoms with E-state index in [1.807, 2.05) is 0 Å². The fourth-order valence-electron chi connectivity index (χ4n) is 3.73. The number of benzene rings is 2. The number of alkyl halides is 3. The highest BCUT2D eigenvalue weighted by Gasteiger charge is 2.57. The Morgan fingerprint density at radius 1 is 1.12 bits per heavy atom. The number of aryl methyl sites for hydroxylation is 1. The number of fused-ring (bicyclic) bond motifs is 1. The molecule has 0 fully saturated rings. The monoisotopic (exact) mass is 441 g/mol. The Morgan fingerprint density at radius 3 is 2.50 bits per heavy atom. The molecule has 32 heavy (non-hydrogen) atoms. The molecule has 0 spiro atoms. The molecule has 2 aromatic carbocycles. The van der Waals surface area contributed by atoms with E-state index in [1.165, 1.54) is 71.6 Å². The lowest BCUT2D eigenvalue weighted by atomic mass is 9.84. The van der Waals surface area contributed by atoms with Crippen LogP contribution in [-0.2, 0) is 5.60 Å². The Labute approximate surface area is 181 Å². The normalized spacial score (nSPS) is 14.2. The summed E-state index contributed by atoms with van der Waals surface area (Å²) >= 11 is 0. The van der Waals surface area contributed by atoms with Gasteiger partial charge in [0.1, 0.15) is 5.82 Å². The lowest BCUT2D eigenvalue weighted by molar-refractivity contribution is -0.248. The van der Waals surface area contributed by atoms with E-state index >= 15 is 0 Å². The van der Waals surface area contributed by atoms with E-state index in [0.29, 0.717) is 22.3 Å². The van der Waals surface area contributed by atoms with Crippen molar-refractivity contribution in [3.8, 4) is 5.69 Å². The van der Waals surface area contributed by atoms with Crippen molar-refractivity contribution >= 4 is 17.0 Å². The minimum Gasteiger partial charge on any atom is -0.372 e. The van der Waals surface area contributed by atoms with Crippen LogP contribution < -0.4 is 0 Å². The van der Waals surface area contributed by atoms with Crippen molar-refractivity contribution in [3.63, 3.8) is 0 Å². The Bertz CT molecular complexity index is 1320. The molecule has 2 heterocycles. The largest absolute Gasteiger partial charge is 0.425 e. The van der Waals surface area contributed by atoms with Gasteiger partial charge in [0.15, 0.2) is 0 Å². The minimum absolute atomic E-state index is 0.229. The van der Waals surface area contributed by atoms with Gasteiger partial charge in [-0.1, -0.05) is 30.9 Å². The second kappa shape index (κ2) is 7.80. The average Bonchev–Trinajstić information content (AvgIpc) is 3.34. The second-order valence-electron chi connectivity index (χ2n) is 7.35. The van der Waals surface area contributed by atoms with Gasteiger partial charge in [0, 0.05) is 28.4 Å². The first-order chi connectivity index (χ1) is 15.2. The number of aromatic nitrogens is 3. The predicted molar refractivity (Wildman–Crippen MR) is 115 cm³/mol. The zero-order chi connectivity index (χ0) is 23.1. The average molecular weight is 441 g/mol. The van der Waals surface area contributed by atoms with Gasteiger partial charge in [-0.15, -0.1) is 0 Å². The summed E-state index contributed by atoms with van der Waals surface area (Å²) in [4.78, 5) is 2.77. The Balaban J connectivity index is 1.89. The Morgan fingerprint density at radius 2 is 1.84 bits per heavy atom. The van der Waals surface area contributed by atoms with Gasteiger partial charge in [-0.3, -0.25) is 0 Å². The molecule has 4 rings (SSSR count). The van der Waals surface area contributed by atoms with Crippen molar-refractivity contribution in [2.24, 2.45) is 0 Å². The lowest BCUT2D eigenvalue weighted by Gasteiger charge is -2.31. The van der Waals surface area contributed by atoms with Gasteiger partial charge in [0.05, 0.1) is 17.4 Å². The summed E-state index contributed by atoms with van der Waals surface area (Å²) in [5.74, 6) is -0.411. The zero-order valence-electron chi connectivity index (χ0n) is 17.0. The molecule has 0 bridgehead atoms. The number of aliphatic hydroxyl groups is 1. The number of H-pyrrole nitrogens is 1. The number of allylic oxidation sites excluding steroid dienone is 2. The molecular formula is C24H19F4N3O. The zero-order valence-corrected chi connectivity index (χ0v) is 17.0. The Kier molecular flexibility index (Phi) is 5.26. The van der Waals surface area contributed by atoms with Crippen molar-refractivity contribution < 1.29 is 22.7 Å². The molecule has 0 saturated heterocycles. The summed E-state index contributed by atoms with van der Waals surface area (Å²) in [7, 11) is 0. The second-order valence-corrected chi connectivity index (χ2v) is 7.35. The third kappa shape index (κ3) is 3.42. The maximum Gasteiger partial charge on any atom is 0.425 e. The number of aromatic amines is 1. The number of halogens is 4. The van der Waals surface area contributed by atoms with Crippen LogP contribution in [0.1, 0.15) is 22.4 Å². The maximum absolute atomic E-state index is 14.3. The summed E-state index contributed by atoms with van der Waals surface area (Å²) in [6, 6.07) is 9.51. The first-order valence-corrected chi connectivity index (χ1v) is 9.67. The smallest absolute Gasteiger partial charge is 0.372 e. The molecule has 0 radical (unpaired) electrons. The van der Waals surface area contributed by atoms with E-state index < -0.39 is 17.6 Å². The van der Waals surface area contributed by atoms with Crippen molar-refractivity contribution in [2.45, 2.75) is 18.7 Å². The predicted octanol–water partition coefficient (Wildman–Crippen LogP) is 5.80. The molecule has 0 aliphatic heterocycles. The molecule has 0 amide bonds. The summed E-state index contributed by atoms with van der Waals surface area (Å²) in [5.41, 5.74) is -2.14.